The molecule has 2 aromatic carbocycles. The minimum atomic E-state index is -2.55. The van der Waals surface area contributed by atoms with Crippen molar-refractivity contribution in [2.24, 2.45) is 0 Å². The van der Waals surface area contributed by atoms with Crippen LogP contribution in [0.1, 0.15) is 26.2 Å². The predicted octanol–water partition coefficient (Wildman–Crippen LogP) is 5.89. The summed E-state index contributed by atoms with van der Waals surface area (Å²) in [5, 5.41) is 0. The first-order valence-corrected chi connectivity index (χ1v) is 14.8. The first-order chi connectivity index (χ1) is 23.1. The summed E-state index contributed by atoms with van der Waals surface area (Å²) < 4.78 is 63.8. The van der Waals surface area contributed by atoms with Crippen LogP contribution >= 0.6 is 11.3 Å². The van der Waals surface area contributed by atoms with Crippen LogP contribution in [0.15, 0.2) is 127 Å². The molecule has 7 heterocycles. The molecule has 0 unspecified atom stereocenters. The molecule has 42 heavy (non-hydrogen) atoms. The van der Waals surface area contributed by atoms with Gasteiger partial charge in [-0.3, -0.25) is 4.40 Å². The van der Waals surface area contributed by atoms with Crippen molar-refractivity contribution in [1.29, 1.82) is 0 Å². The first kappa shape index (κ1) is 18.8. The van der Waals surface area contributed by atoms with Crippen LogP contribution in [-0.2, 0) is 0 Å². The molecular formula is C31H26B4N6S. The molecular weight excluding hydrogens is 532 g/mol. The molecule has 1 fully saturated rings. The van der Waals surface area contributed by atoms with Crippen molar-refractivity contribution in [3.8, 4) is 0 Å². The number of para-hydroxylation sites is 2. The summed E-state index contributed by atoms with van der Waals surface area (Å²) in [5.74, 6) is 8.29. The number of benzene rings is 2. The zero-order valence-corrected chi connectivity index (χ0v) is 23.3. The Labute approximate surface area is 259 Å². The zero-order chi connectivity index (χ0) is 32.9. The van der Waals surface area contributed by atoms with Crippen molar-refractivity contribution >= 4 is 71.1 Å². The van der Waals surface area contributed by atoms with Crippen LogP contribution in [0.5, 0.6) is 0 Å². The SMILES string of the molecule is [2H]C([2H])([2H])C1=CN2B3C=CC=CN3B3C=CC=CN3B3C=CC=CN3B2C=C1c1c(C([2H])([2H])[2H])ccc2c1sc1nc3ccccc3n12. The van der Waals surface area contributed by atoms with E-state index < -0.39 is 20.7 Å². The molecule has 0 amide bonds. The quantitative estimate of drug-likeness (QED) is 0.269. The Morgan fingerprint density at radius 2 is 1.40 bits per heavy atom. The van der Waals surface area contributed by atoms with Gasteiger partial charge < -0.3 is 18.9 Å². The van der Waals surface area contributed by atoms with Gasteiger partial charge in [0.25, 0.3) is 0 Å². The fraction of sp³-hybridized carbons (Fsp3) is 0.0645. The van der Waals surface area contributed by atoms with E-state index in [0.29, 0.717) is 20.8 Å². The second-order valence-corrected chi connectivity index (χ2v) is 11.9. The molecule has 0 N–H and O–H groups in total. The van der Waals surface area contributed by atoms with Gasteiger partial charge in [0.2, 0.25) is 0 Å². The third kappa shape index (κ3) is 3.34. The Hall–Kier alpha value is -4.49. The normalized spacial score (nSPS) is 21.7. The maximum absolute atomic E-state index is 8.82. The summed E-state index contributed by atoms with van der Waals surface area (Å²) in [5.41, 5.74) is 3.56. The number of fused-ring (bicyclic) bond motifs is 13. The molecule has 11 heteroatoms. The maximum Gasteiger partial charge on any atom is 0.381 e. The molecule has 4 aromatic rings. The lowest BCUT2D eigenvalue weighted by Crippen LogP contribution is -2.73. The average molecular weight is 564 g/mol. The van der Waals surface area contributed by atoms with Crippen molar-refractivity contribution in [3.05, 3.63) is 138 Å². The molecule has 2 aromatic heterocycles. The standard InChI is InChI=1S/C31H26B4N6S/c1-23-13-14-28-30(42-31-36-26-11-3-4-12-27(26)41(28)31)29(23)25-21-35-39-20-10-6-16-33(39)37-18-8-5-15-32(37)38-19-9-7-17-34(38)40(35)22-24(25)2/h3-22H,1-2H3/i1D3,2D3. The number of hydrogen-bond acceptors (Lipinski definition) is 6. The fourth-order valence-electron chi connectivity index (χ4n) is 6.82. The first-order valence-electron chi connectivity index (χ1n) is 17.0. The van der Waals surface area contributed by atoms with Gasteiger partial charge in [0, 0.05) is 13.8 Å². The minimum absolute atomic E-state index is 0.0974. The van der Waals surface area contributed by atoms with Crippen molar-refractivity contribution < 1.29 is 8.22 Å². The molecule has 9 rings (SSSR count). The largest absolute Gasteiger partial charge is 0.423 e. The fourth-order valence-corrected chi connectivity index (χ4v) is 8.02. The highest BCUT2D eigenvalue weighted by molar-refractivity contribution is 7.24. The lowest BCUT2D eigenvalue weighted by molar-refractivity contribution is 0.620. The molecule has 0 bridgehead atoms. The predicted molar refractivity (Wildman–Crippen MR) is 180 cm³/mol. The number of allylic oxidation sites excluding steroid dienone is 8. The molecule has 198 valence electrons. The van der Waals surface area contributed by atoms with Crippen LogP contribution in [0, 0.1) is 6.85 Å². The summed E-state index contributed by atoms with van der Waals surface area (Å²) in [6.07, 6.45) is 19.9. The smallest absolute Gasteiger partial charge is 0.381 e. The van der Waals surface area contributed by atoms with Gasteiger partial charge >= 0.3 is 27.9 Å². The Balaban J connectivity index is 1.33. The van der Waals surface area contributed by atoms with Crippen molar-refractivity contribution in [2.45, 2.75) is 13.7 Å². The van der Waals surface area contributed by atoms with Gasteiger partial charge in [-0.1, -0.05) is 71.7 Å². The summed E-state index contributed by atoms with van der Waals surface area (Å²) in [6.45, 7) is -6.18. The van der Waals surface area contributed by atoms with Gasteiger partial charge in [-0.25, -0.2) is 4.98 Å². The van der Waals surface area contributed by atoms with E-state index in [1.54, 1.807) is 12.3 Å². The summed E-state index contributed by atoms with van der Waals surface area (Å²) in [4.78, 5) is 5.57. The van der Waals surface area contributed by atoms with Gasteiger partial charge in [0.05, 0.1) is 21.3 Å². The summed E-state index contributed by atoms with van der Waals surface area (Å²) >= 11 is 1.39. The van der Waals surface area contributed by atoms with E-state index in [9.17, 15) is 0 Å². The van der Waals surface area contributed by atoms with Crippen LogP contribution in [0.3, 0.4) is 0 Å². The zero-order valence-electron chi connectivity index (χ0n) is 28.4. The van der Waals surface area contributed by atoms with Gasteiger partial charge in [0.1, 0.15) is 0 Å². The lowest BCUT2D eigenvalue weighted by atomic mass is 9.41. The van der Waals surface area contributed by atoms with Crippen LogP contribution in [0.25, 0.3) is 31.8 Å². The molecule has 0 saturated carbocycles. The second kappa shape index (κ2) is 9.00. The Kier molecular flexibility index (Phi) is 4.04. The van der Waals surface area contributed by atoms with Crippen LogP contribution in [0.2, 0.25) is 0 Å². The number of hydrogen-bond donors (Lipinski definition) is 0. The van der Waals surface area contributed by atoms with E-state index in [1.807, 2.05) is 89.6 Å². The highest BCUT2D eigenvalue weighted by Gasteiger charge is 2.50. The Bertz CT molecular complexity index is 2260. The number of rotatable bonds is 1. The lowest BCUT2D eigenvalue weighted by Gasteiger charge is -2.53. The molecule has 5 aliphatic heterocycles. The highest BCUT2D eigenvalue weighted by atomic mass is 32.1. The number of aryl methyl sites for hydroxylation is 1. The van der Waals surface area contributed by atoms with Gasteiger partial charge in [-0.15, -0.1) is 0 Å². The molecule has 5 aliphatic rings. The summed E-state index contributed by atoms with van der Waals surface area (Å²) in [6, 6.07) is 11.3. The van der Waals surface area contributed by atoms with E-state index >= 15 is 0 Å². The van der Waals surface area contributed by atoms with E-state index in [0.717, 1.165) is 16.6 Å². The van der Waals surface area contributed by atoms with Crippen molar-refractivity contribution in [1.82, 2.24) is 28.3 Å². The topological polar surface area (TPSA) is 30.3 Å². The van der Waals surface area contributed by atoms with Crippen LogP contribution < -0.4 is 0 Å². The second-order valence-electron chi connectivity index (χ2n) is 10.9. The van der Waals surface area contributed by atoms with Crippen molar-refractivity contribution in [3.63, 3.8) is 0 Å². The van der Waals surface area contributed by atoms with Crippen molar-refractivity contribution in [2.75, 3.05) is 0 Å². The van der Waals surface area contributed by atoms with E-state index in [2.05, 4.69) is 43.0 Å². The molecule has 1 saturated heterocycles. The molecule has 0 aliphatic carbocycles. The minimum Gasteiger partial charge on any atom is -0.423 e. The van der Waals surface area contributed by atoms with E-state index in [-0.39, 0.29) is 32.1 Å². The molecule has 0 radical (unpaired) electrons. The highest BCUT2D eigenvalue weighted by Crippen LogP contribution is 2.41. The van der Waals surface area contributed by atoms with Gasteiger partial charge in [0.15, 0.2) is 4.96 Å². The monoisotopic (exact) mass is 564 g/mol. The average Bonchev–Trinajstić information content (AvgIpc) is 3.62. The third-order valence-corrected chi connectivity index (χ3v) is 9.73. The molecule has 0 spiro atoms. The maximum atomic E-state index is 8.82. The van der Waals surface area contributed by atoms with Crippen LogP contribution in [-0.4, -0.2) is 56.2 Å². The van der Waals surface area contributed by atoms with Crippen LogP contribution in [0.4, 0.5) is 0 Å². The van der Waals surface area contributed by atoms with Gasteiger partial charge in [-0.2, -0.15) is 0 Å². The Morgan fingerprint density at radius 1 is 0.714 bits per heavy atom. The molecule has 0 atom stereocenters. The van der Waals surface area contributed by atoms with Gasteiger partial charge in [-0.05, 0) is 91.6 Å². The van der Waals surface area contributed by atoms with E-state index in [4.69, 9.17) is 13.2 Å². The summed E-state index contributed by atoms with van der Waals surface area (Å²) in [7, 11) is 0. The third-order valence-electron chi connectivity index (χ3n) is 8.66. The Morgan fingerprint density at radius 3 is 2.12 bits per heavy atom. The number of aromatic nitrogens is 2. The molecule has 6 nitrogen and oxygen atoms in total. The number of nitrogens with zero attached hydrogens (tertiary/aromatic N) is 6. The number of thiazole rings is 1. The number of imidazole rings is 1. The van der Waals surface area contributed by atoms with E-state index in [1.165, 1.54) is 11.3 Å².